The molecule has 1 amide bonds. The van der Waals surface area contributed by atoms with E-state index in [4.69, 9.17) is 0 Å². The molecule has 1 heterocycles. The molecule has 8 nitrogen and oxygen atoms in total. The first-order chi connectivity index (χ1) is 16.8. The van der Waals surface area contributed by atoms with Crippen molar-refractivity contribution in [2.45, 2.75) is 49.5 Å². The van der Waals surface area contributed by atoms with Crippen molar-refractivity contribution in [2.24, 2.45) is 5.92 Å². The number of carbonyl (C=O) groups is 1. The van der Waals surface area contributed by atoms with E-state index in [0.717, 1.165) is 32.1 Å². The summed E-state index contributed by atoms with van der Waals surface area (Å²) >= 11 is 0. The normalized spacial score (nSPS) is 20.8. The second-order valence-corrected chi connectivity index (χ2v) is 11.3. The molecule has 1 saturated heterocycles. The molecule has 1 N–H and O–H groups in total. The molecule has 2 atom stereocenters. The summed E-state index contributed by atoms with van der Waals surface area (Å²) in [7, 11) is -3.64. The highest BCUT2D eigenvalue weighted by Crippen LogP contribution is 2.37. The number of fused-ring (bicyclic) bond motifs is 3. The molecular weight excluding hydrogens is 466 g/mol. The Morgan fingerprint density at radius 3 is 2.63 bits per heavy atom. The average Bonchev–Trinajstić information content (AvgIpc) is 3.01. The first-order valence-electron chi connectivity index (χ1n) is 11.9. The molecule has 1 saturated carbocycles. The zero-order chi connectivity index (χ0) is 24.6. The Morgan fingerprint density at radius 1 is 1.00 bits per heavy atom. The van der Waals surface area contributed by atoms with E-state index >= 15 is 0 Å². The molecule has 2 aliphatic rings. The lowest BCUT2D eigenvalue weighted by molar-refractivity contribution is -0.384. The highest BCUT2D eigenvalue weighted by atomic mass is 32.2. The van der Waals surface area contributed by atoms with Gasteiger partial charge in [-0.15, -0.1) is 0 Å². The van der Waals surface area contributed by atoms with Gasteiger partial charge in [-0.2, -0.15) is 4.31 Å². The van der Waals surface area contributed by atoms with E-state index in [0.29, 0.717) is 28.9 Å². The van der Waals surface area contributed by atoms with Gasteiger partial charge in [0.2, 0.25) is 10.0 Å². The minimum Gasteiger partial charge on any atom is -0.321 e. The van der Waals surface area contributed by atoms with Gasteiger partial charge < -0.3 is 5.32 Å². The summed E-state index contributed by atoms with van der Waals surface area (Å²) in [5.74, 6) is 0.150. The van der Waals surface area contributed by atoms with Crippen LogP contribution in [0.1, 0.15) is 48.9 Å². The molecule has 1 aliphatic carbocycles. The molecule has 3 aromatic rings. The Labute approximate surface area is 204 Å². The molecule has 0 radical (unpaired) electrons. The first kappa shape index (κ1) is 23.4. The second-order valence-electron chi connectivity index (χ2n) is 9.39. The summed E-state index contributed by atoms with van der Waals surface area (Å²) in [6, 6.07) is 15.9. The average molecular weight is 494 g/mol. The van der Waals surface area contributed by atoms with Crippen molar-refractivity contribution >= 4 is 38.1 Å². The van der Waals surface area contributed by atoms with Crippen molar-refractivity contribution in [1.29, 1.82) is 0 Å². The van der Waals surface area contributed by atoms with Crippen LogP contribution in [-0.2, 0) is 10.0 Å². The van der Waals surface area contributed by atoms with Crippen LogP contribution in [-0.4, -0.2) is 36.1 Å². The first-order valence-corrected chi connectivity index (χ1v) is 13.4. The van der Waals surface area contributed by atoms with Gasteiger partial charge in [0.15, 0.2) is 0 Å². The molecule has 5 rings (SSSR count). The number of hydrogen-bond donors (Lipinski definition) is 1. The number of sulfonamides is 1. The van der Waals surface area contributed by atoms with Crippen molar-refractivity contribution < 1.29 is 18.1 Å². The van der Waals surface area contributed by atoms with E-state index < -0.39 is 20.9 Å². The maximum Gasteiger partial charge on any atom is 0.270 e. The zero-order valence-electron chi connectivity index (χ0n) is 19.2. The number of nitrogens with zero attached hydrogens (tertiary/aromatic N) is 2. The van der Waals surface area contributed by atoms with Crippen LogP contribution < -0.4 is 5.32 Å². The molecule has 9 heteroatoms. The molecule has 3 aromatic carbocycles. The molecule has 182 valence electrons. The van der Waals surface area contributed by atoms with Crippen LogP contribution in [0.25, 0.3) is 10.8 Å². The number of non-ortho nitro benzene ring substituents is 1. The number of rotatable bonds is 5. The van der Waals surface area contributed by atoms with Crippen LogP contribution in [0, 0.1) is 16.0 Å². The van der Waals surface area contributed by atoms with Crippen molar-refractivity contribution in [2.75, 3.05) is 11.9 Å². The Bertz CT molecular complexity index is 1410. The lowest BCUT2D eigenvalue weighted by Crippen LogP contribution is -2.41. The summed E-state index contributed by atoms with van der Waals surface area (Å²) in [5, 5.41) is 15.2. The van der Waals surface area contributed by atoms with Crippen LogP contribution in [0.4, 0.5) is 11.4 Å². The monoisotopic (exact) mass is 493 g/mol. The third-order valence-electron chi connectivity index (χ3n) is 7.18. The maximum absolute atomic E-state index is 13.6. The second kappa shape index (κ2) is 9.39. The molecule has 1 aliphatic heterocycles. The molecule has 2 fully saturated rings. The molecule has 0 spiro atoms. The summed E-state index contributed by atoms with van der Waals surface area (Å²) < 4.78 is 28.9. The van der Waals surface area contributed by atoms with Gasteiger partial charge in [0, 0.05) is 41.4 Å². The molecule has 2 unspecified atom stereocenters. The Kier molecular flexibility index (Phi) is 6.29. The van der Waals surface area contributed by atoms with Gasteiger partial charge in [0.1, 0.15) is 0 Å². The van der Waals surface area contributed by atoms with E-state index in [1.165, 1.54) is 30.7 Å². The number of nitro benzene ring substituents is 1. The summed E-state index contributed by atoms with van der Waals surface area (Å²) in [5.41, 5.74) is 0.512. The van der Waals surface area contributed by atoms with Crippen LogP contribution in [0.15, 0.2) is 65.6 Å². The van der Waals surface area contributed by atoms with E-state index in [1.807, 2.05) is 6.07 Å². The fraction of sp³-hybridized carbons (Fsp3) is 0.346. The highest BCUT2D eigenvalue weighted by Gasteiger charge is 2.36. The zero-order valence-corrected chi connectivity index (χ0v) is 20.0. The standard InChI is InChI=1S/C26H27N3O5S/c30-26(20-8-2-10-22(16-20)29(31)32)27-25-11-3-7-19-17-23(12-13-24(19)25)35(33,34)28-14-4-6-18-5-1-9-21(28)15-18/h2-3,7-8,10-13,16-18,21H,1,4-6,9,14-15H2,(H,27,30). The number of hydrogen-bond acceptors (Lipinski definition) is 5. The molecule has 0 aromatic heterocycles. The van der Waals surface area contributed by atoms with Crippen LogP contribution in [0.2, 0.25) is 0 Å². The molecule has 35 heavy (non-hydrogen) atoms. The van der Waals surface area contributed by atoms with Gasteiger partial charge in [-0.3, -0.25) is 14.9 Å². The fourth-order valence-electron chi connectivity index (χ4n) is 5.44. The van der Waals surface area contributed by atoms with Crippen LogP contribution in [0.5, 0.6) is 0 Å². The quantitative estimate of drug-likeness (QED) is 0.381. The van der Waals surface area contributed by atoms with E-state index in [9.17, 15) is 23.3 Å². The third-order valence-corrected chi connectivity index (χ3v) is 9.13. The molecular formula is C26H27N3O5S. The summed E-state index contributed by atoms with van der Waals surface area (Å²) in [6.07, 6.45) is 6.12. The number of benzene rings is 3. The maximum atomic E-state index is 13.6. The lowest BCUT2D eigenvalue weighted by atomic mass is 9.84. The SMILES string of the molecule is O=C(Nc1cccc2cc(S(=O)(=O)N3CCCC4CCCC3C4)ccc12)c1cccc([N+](=O)[O-])c1. The Morgan fingerprint density at radius 2 is 1.80 bits per heavy atom. The lowest BCUT2D eigenvalue weighted by Gasteiger charge is -2.33. The largest absolute Gasteiger partial charge is 0.321 e. The van der Waals surface area contributed by atoms with Crippen LogP contribution >= 0.6 is 0 Å². The van der Waals surface area contributed by atoms with Crippen molar-refractivity contribution in [3.8, 4) is 0 Å². The van der Waals surface area contributed by atoms with Crippen LogP contribution in [0.3, 0.4) is 0 Å². The minimum atomic E-state index is -3.64. The predicted octanol–water partition coefficient (Wildman–Crippen LogP) is 5.34. The smallest absolute Gasteiger partial charge is 0.270 e. The van der Waals surface area contributed by atoms with Gasteiger partial charge in [-0.1, -0.05) is 37.1 Å². The third kappa shape index (κ3) is 4.66. The van der Waals surface area contributed by atoms with Gasteiger partial charge in [0.25, 0.3) is 11.6 Å². The highest BCUT2D eigenvalue weighted by molar-refractivity contribution is 7.89. The number of nitrogens with one attached hydrogen (secondary N) is 1. The number of amides is 1. The topological polar surface area (TPSA) is 110 Å². The van der Waals surface area contributed by atoms with Crippen molar-refractivity contribution in [3.63, 3.8) is 0 Å². The van der Waals surface area contributed by atoms with E-state index in [1.54, 1.807) is 34.6 Å². The fourth-order valence-corrected chi connectivity index (χ4v) is 7.18. The van der Waals surface area contributed by atoms with Crippen molar-refractivity contribution in [1.82, 2.24) is 4.31 Å². The van der Waals surface area contributed by atoms with Gasteiger partial charge in [-0.25, -0.2) is 8.42 Å². The van der Waals surface area contributed by atoms with Gasteiger partial charge in [0.05, 0.1) is 9.82 Å². The number of anilines is 1. The number of carbonyl (C=O) groups excluding carboxylic acids is 1. The predicted molar refractivity (Wildman–Crippen MR) is 134 cm³/mol. The number of nitro groups is 1. The minimum absolute atomic E-state index is 0.0671. The van der Waals surface area contributed by atoms with Gasteiger partial charge in [-0.05, 0) is 61.3 Å². The Balaban J connectivity index is 1.43. The van der Waals surface area contributed by atoms with E-state index in [-0.39, 0.29) is 22.2 Å². The van der Waals surface area contributed by atoms with Crippen molar-refractivity contribution in [3.05, 3.63) is 76.3 Å². The Hall–Kier alpha value is -3.30. The molecule has 2 bridgehead atoms. The van der Waals surface area contributed by atoms with E-state index in [2.05, 4.69) is 5.32 Å². The summed E-state index contributed by atoms with van der Waals surface area (Å²) in [6.45, 7) is 0.556. The van der Waals surface area contributed by atoms with Gasteiger partial charge >= 0.3 is 0 Å². The summed E-state index contributed by atoms with van der Waals surface area (Å²) in [4.78, 5) is 23.5.